The number of fused-ring (bicyclic) bond motifs is 1. The van der Waals surface area contributed by atoms with Crippen molar-refractivity contribution in [3.05, 3.63) is 47.4 Å². The van der Waals surface area contributed by atoms with Crippen molar-refractivity contribution in [2.75, 3.05) is 11.9 Å². The third-order valence-electron chi connectivity index (χ3n) is 3.29. The first kappa shape index (κ1) is 11.7. The monoisotopic (exact) mass is 261 g/mol. The zero-order chi connectivity index (χ0) is 13.4. The number of aromatic nitrogens is 2. The third-order valence-corrected chi connectivity index (χ3v) is 3.29. The van der Waals surface area contributed by atoms with Gasteiger partial charge in [-0.1, -0.05) is 12.1 Å². The van der Waals surface area contributed by atoms with Gasteiger partial charge >= 0.3 is 5.97 Å². The fraction of sp³-hybridized carbons (Fsp3) is 0.231. The van der Waals surface area contributed by atoms with Crippen LogP contribution in [0, 0.1) is 5.82 Å². The van der Waals surface area contributed by atoms with Crippen LogP contribution < -0.4 is 5.32 Å². The van der Waals surface area contributed by atoms with E-state index in [0.717, 1.165) is 12.0 Å². The van der Waals surface area contributed by atoms with E-state index in [1.165, 1.54) is 18.3 Å². The van der Waals surface area contributed by atoms with Gasteiger partial charge < -0.3 is 10.4 Å². The number of carboxylic acids is 1. The fourth-order valence-corrected chi connectivity index (χ4v) is 2.37. The SMILES string of the molecule is O=C(O)c1cnn2c1NCCC2c1ccc(F)cc1. The van der Waals surface area contributed by atoms with E-state index < -0.39 is 5.97 Å². The third kappa shape index (κ3) is 1.95. The molecule has 0 spiro atoms. The van der Waals surface area contributed by atoms with Crippen LogP contribution in [0.3, 0.4) is 0 Å². The molecule has 0 amide bonds. The highest BCUT2D eigenvalue weighted by atomic mass is 19.1. The minimum absolute atomic E-state index is 0.0649. The maximum absolute atomic E-state index is 12.9. The smallest absolute Gasteiger partial charge is 0.341 e. The van der Waals surface area contributed by atoms with Gasteiger partial charge in [0.05, 0.1) is 12.2 Å². The van der Waals surface area contributed by atoms with Crippen LogP contribution in [0.25, 0.3) is 0 Å². The molecule has 2 aromatic rings. The number of rotatable bonds is 2. The van der Waals surface area contributed by atoms with E-state index in [9.17, 15) is 9.18 Å². The Morgan fingerprint density at radius 3 is 2.84 bits per heavy atom. The first-order valence-electron chi connectivity index (χ1n) is 5.97. The van der Waals surface area contributed by atoms with Crippen LogP contribution in [-0.4, -0.2) is 27.4 Å². The number of nitrogens with one attached hydrogen (secondary N) is 1. The summed E-state index contributed by atoms with van der Waals surface area (Å²) in [7, 11) is 0. The standard InChI is InChI=1S/C13H12FN3O2/c14-9-3-1-8(2-4-9)11-5-6-15-12-10(13(18)19)7-16-17(11)12/h1-4,7,11,15H,5-6H2,(H,18,19). The number of nitrogens with zero attached hydrogens (tertiary/aromatic N) is 2. The van der Waals surface area contributed by atoms with E-state index in [1.807, 2.05) is 0 Å². The minimum atomic E-state index is -1.01. The largest absolute Gasteiger partial charge is 0.477 e. The van der Waals surface area contributed by atoms with Gasteiger partial charge in [0.15, 0.2) is 0 Å². The Balaban J connectivity index is 2.03. The van der Waals surface area contributed by atoms with Crippen LogP contribution in [0.2, 0.25) is 0 Å². The number of anilines is 1. The molecular formula is C13H12FN3O2. The van der Waals surface area contributed by atoms with Crippen LogP contribution in [-0.2, 0) is 0 Å². The molecule has 0 saturated heterocycles. The van der Waals surface area contributed by atoms with E-state index in [4.69, 9.17) is 5.11 Å². The van der Waals surface area contributed by atoms with Crippen molar-refractivity contribution in [2.45, 2.75) is 12.5 Å². The summed E-state index contributed by atoms with van der Waals surface area (Å²) >= 11 is 0. The minimum Gasteiger partial charge on any atom is -0.477 e. The Morgan fingerprint density at radius 2 is 2.16 bits per heavy atom. The number of benzene rings is 1. The molecule has 0 radical (unpaired) electrons. The lowest BCUT2D eigenvalue weighted by Crippen LogP contribution is -2.25. The van der Waals surface area contributed by atoms with E-state index >= 15 is 0 Å². The second kappa shape index (κ2) is 4.38. The van der Waals surface area contributed by atoms with Gasteiger partial charge in [0.25, 0.3) is 0 Å². The average molecular weight is 261 g/mol. The Kier molecular flexibility index (Phi) is 2.70. The lowest BCUT2D eigenvalue weighted by molar-refractivity contribution is 0.0697. The molecule has 0 bridgehead atoms. The molecule has 3 rings (SSSR count). The van der Waals surface area contributed by atoms with Gasteiger partial charge in [0, 0.05) is 6.54 Å². The molecule has 1 aromatic carbocycles. The topological polar surface area (TPSA) is 67.1 Å². The molecule has 5 nitrogen and oxygen atoms in total. The van der Waals surface area contributed by atoms with E-state index in [0.29, 0.717) is 12.4 Å². The van der Waals surface area contributed by atoms with Crippen LogP contribution >= 0.6 is 0 Å². The van der Waals surface area contributed by atoms with Gasteiger partial charge in [-0.15, -0.1) is 0 Å². The first-order valence-corrected chi connectivity index (χ1v) is 5.97. The molecule has 0 aliphatic carbocycles. The normalized spacial score (nSPS) is 17.6. The van der Waals surface area contributed by atoms with Crippen LogP contribution in [0.15, 0.2) is 30.5 Å². The highest BCUT2D eigenvalue weighted by Gasteiger charge is 2.26. The van der Waals surface area contributed by atoms with Crippen molar-refractivity contribution in [1.29, 1.82) is 0 Å². The summed E-state index contributed by atoms with van der Waals surface area (Å²) < 4.78 is 14.6. The fourth-order valence-electron chi connectivity index (χ4n) is 2.37. The quantitative estimate of drug-likeness (QED) is 0.869. The van der Waals surface area contributed by atoms with Crippen molar-refractivity contribution in [3.8, 4) is 0 Å². The van der Waals surface area contributed by atoms with Crippen LogP contribution in [0.1, 0.15) is 28.4 Å². The zero-order valence-corrected chi connectivity index (χ0v) is 10.0. The molecule has 19 heavy (non-hydrogen) atoms. The molecule has 98 valence electrons. The van der Waals surface area contributed by atoms with E-state index in [2.05, 4.69) is 10.4 Å². The summed E-state index contributed by atoms with van der Waals surface area (Å²) in [4.78, 5) is 11.1. The molecule has 0 saturated carbocycles. The predicted molar refractivity (Wildman–Crippen MR) is 66.8 cm³/mol. The molecule has 1 aliphatic rings. The van der Waals surface area contributed by atoms with Crippen molar-refractivity contribution in [1.82, 2.24) is 9.78 Å². The highest BCUT2D eigenvalue weighted by Crippen LogP contribution is 2.31. The second-order valence-corrected chi connectivity index (χ2v) is 4.44. The first-order chi connectivity index (χ1) is 9.16. The van der Waals surface area contributed by atoms with E-state index in [-0.39, 0.29) is 17.4 Å². The summed E-state index contributed by atoms with van der Waals surface area (Å²) in [5.41, 5.74) is 1.08. The maximum Gasteiger partial charge on any atom is 0.341 e. The predicted octanol–water partition coefficient (Wildman–Crippen LogP) is 2.13. The molecule has 1 unspecified atom stereocenters. The number of aromatic carboxylic acids is 1. The number of hydrogen-bond donors (Lipinski definition) is 2. The molecular weight excluding hydrogens is 249 g/mol. The summed E-state index contributed by atoms with van der Waals surface area (Å²) in [6.07, 6.45) is 2.12. The molecule has 2 heterocycles. The lowest BCUT2D eigenvalue weighted by Gasteiger charge is -2.26. The van der Waals surface area contributed by atoms with Gasteiger partial charge in [-0.25, -0.2) is 13.9 Å². The molecule has 2 N–H and O–H groups in total. The Morgan fingerprint density at radius 1 is 1.42 bits per heavy atom. The Bertz CT molecular complexity index is 621. The van der Waals surface area contributed by atoms with Crippen molar-refractivity contribution >= 4 is 11.8 Å². The number of halogens is 1. The molecule has 1 atom stereocenters. The van der Waals surface area contributed by atoms with Gasteiger partial charge in [-0.05, 0) is 24.1 Å². The Labute approximate surface area is 108 Å². The van der Waals surface area contributed by atoms with Gasteiger partial charge in [-0.2, -0.15) is 5.10 Å². The maximum atomic E-state index is 12.9. The summed E-state index contributed by atoms with van der Waals surface area (Å²) in [5, 5.41) is 16.3. The van der Waals surface area contributed by atoms with Gasteiger partial charge in [0.2, 0.25) is 0 Å². The molecule has 0 fully saturated rings. The van der Waals surface area contributed by atoms with Gasteiger partial charge in [0.1, 0.15) is 17.2 Å². The van der Waals surface area contributed by atoms with Crippen LogP contribution in [0.4, 0.5) is 10.2 Å². The Hall–Kier alpha value is -2.37. The molecule has 1 aliphatic heterocycles. The molecule has 6 heteroatoms. The van der Waals surface area contributed by atoms with Crippen molar-refractivity contribution in [3.63, 3.8) is 0 Å². The number of carbonyl (C=O) groups is 1. The van der Waals surface area contributed by atoms with Crippen molar-refractivity contribution in [2.24, 2.45) is 0 Å². The number of hydrogen-bond acceptors (Lipinski definition) is 3. The van der Waals surface area contributed by atoms with E-state index in [1.54, 1.807) is 16.8 Å². The van der Waals surface area contributed by atoms with Crippen molar-refractivity contribution < 1.29 is 14.3 Å². The zero-order valence-electron chi connectivity index (χ0n) is 10.0. The summed E-state index contributed by atoms with van der Waals surface area (Å²) in [5.74, 6) is -0.786. The van der Waals surface area contributed by atoms with Gasteiger partial charge in [-0.3, -0.25) is 0 Å². The highest BCUT2D eigenvalue weighted by molar-refractivity contribution is 5.93. The number of carboxylic acid groups (broad SMARTS) is 1. The average Bonchev–Trinajstić information content (AvgIpc) is 2.83. The van der Waals surface area contributed by atoms with Crippen LogP contribution in [0.5, 0.6) is 0 Å². The summed E-state index contributed by atoms with van der Waals surface area (Å²) in [6, 6.07) is 6.15. The second-order valence-electron chi connectivity index (χ2n) is 4.44. The molecule has 1 aromatic heterocycles. The lowest BCUT2D eigenvalue weighted by atomic mass is 10.0. The summed E-state index contributed by atoms with van der Waals surface area (Å²) in [6.45, 7) is 0.661.